The van der Waals surface area contributed by atoms with Crippen LogP contribution in [0.3, 0.4) is 0 Å². The van der Waals surface area contributed by atoms with Gasteiger partial charge in [-0.25, -0.2) is 8.78 Å². The van der Waals surface area contributed by atoms with Crippen LogP contribution in [-0.4, -0.2) is 22.2 Å². The number of amides is 1. The Labute approximate surface area is 176 Å². The first-order valence-electron chi connectivity index (χ1n) is 9.41. The van der Waals surface area contributed by atoms with Gasteiger partial charge in [-0.3, -0.25) is 4.79 Å². The molecule has 4 rings (SSSR count). The van der Waals surface area contributed by atoms with Crippen LogP contribution in [0, 0.1) is 11.6 Å². The number of hydrogen-bond donors (Lipinski definition) is 1. The molecule has 0 saturated heterocycles. The molecule has 0 bridgehead atoms. The Morgan fingerprint density at radius 2 is 1.48 bits per heavy atom. The molecule has 1 atom stereocenters. The average molecular weight is 421 g/mol. The first-order chi connectivity index (χ1) is 15.0. The van der Waals surface area contributed by atoms with Gasteiger partial charge in [0.2, 0.25) is 5.82 Å². The van der Waals surface area contributed by atoms with E-state index in [4.69, 9.17) is 9.26 Å². The summed E-state index contributed by atoms with van der Waals surface area (Å²) >= 11 is 0. The molecule has 0 aliphatic heterocycles. The summed E-state index contributed by atoms with van der Waals surface area (Å²) in [6.07, 6.45) is -0.778. The van der Waals surface area contributed by atoms with Crippen molar-refractivity contribution in [2.24, 2.45) is 0 Å². The number of aromatic nitrogens is 2. The molecule has 3 aromatic carbocycles. The molecule has 1 N–H and O–H groups in total. The summed E-state index contributed by atoms with van der Waals surface area (Å²) < 4.78 is 36.8. The van der Waals surface area contributed by atoms with Crippen LogP contribution in [0.4, 0.5) is 14.5 Å². The van der Waals surface area contributed by atoms with Gasteiger partial charge in [-0.1, -0.05) is 5.16 Å². The van der Waals surface area contributed by atoms with E-state index in [-0.39, 0.29) is 17.5 Å². The smallest absolute Gasteiger partial charge is 0.265 e. The standard InChI is InChI=1S/C23H17F2N3O3/c1-14(30-20-12-8-18(25)9-13-20)22(29)26-19-10-4-16(5-11-19)23-27-21(28-31-23)15-2-6-17(24)7-3-15/h2-14H,1H3,(H,26,29)/t14-/m1/s1. The van der Waals surface area contributed by atoms with Crippen LogP contribution in [-0.2, 0) is 4.79 Å². The van der Waals surface area contributed by atoms with Gasteiger partial charge in [0, 0.05) is 16.8 Å². The Morgan fingerprint density at radius 1 is 0.903 bits per heavy atom. The lowest BCUT2D eigenvalue weighted by atomic mass is 10.2. The van der Waals surface area contributed by atoms with Crippen molar-refractivity contribution in [2.45, 2.75) is 13.0 Å². The highest BCUT2D eigenvalue weighted by molar-refractivity contribution is 5.94. The number of rotatable bonds is 6. The molecule has 0 spiro atoms. The van der Waals surface area contributed by atoms with Crippen molar-refractivity contribution in [1.82, 2.24) is 10.1 Å². The van der Waals surface area contributed by atoms with Crippen LogP contribution in [0.25, 0.3) is 22.8 Å². The molecule has 0 fully saturated rings. The van der Waals surface area contributed by atoms with E-state index < -0.39 is 6.10 Å². The third-order valence-corrected chi connectivity index (χ3v) is 4.42. The van der Waals surface area contributed by atoms with Gasteiger partial charge in [0.25, 0.3) is 11.8 Å². The average Bonchev–Trinajstić information content (AvgIpc) is 3.26. The second kappa shape index (κ2) is 8.74. The van der Waals surface area contributed by atoms with Crippen LogP contribution in [0.5, 0.6) is 5.75 Å². The molecule has 1 amide bonds. The normalized spacial score (nSPS) is 11.7. The van der Waals surface area contributed by atoms with E-state index in [0.717, 1.165) is 0 Å². The number of hydrogen-bond acceptors (Lipinski definition) is 5. The number of anilines is 1. The number of halogens is 2. The molecule has 4 aromatic rings. The lowest BCUT2D eigenvalue weighted by Gasteiger charge is -2.14. The summed E-state index contributed by atoms with van der Waals surface area (Å²) in [6, 6.07) is 18.1. The fourth-order valence-corrected chi connectivity index (χ4v) is 2.77. The molecule has 8 heteroatoms. The van der Waals surface area contributed by atoms with Crippen molar-refractivity contribution in [3.63, 3.8) is 0 Å². The summed E-state index contributed by atoms with van der Waals surface area (Å²) in [7, 11) is 0. The molecule has 0 saturated carbocycles. The molecule has 0 unspecified atom stereocenters. The zero-order chi connectivity index (χ0) is 21.8. The van der Waals surface area contributed by atoms with Crippen LogP contribution in [0.15, 0.2) is 77.3 Å². The van der Waals surface area contributed by atoms with E-state index in [1.807, 2.05) is 0 Å². The third-order valence-electron chi connectivity index (χ3n) is 4.42. The van der Waals surface area contributed by atoms with E-state index in [1.54, 1.807) is 43.3 Å². The fraction of sp³-hybridized carbons (Fsp3) is 0.0870. The molecular weight excluding hydrogens is 404 g/mol. The van der Waals surface area contributed by atoms with Gasteiger partial charge in [-0.05, 0) is 79.7 Å². The summed E-state index contributed by atoms with van der Waals surface area (Å²) in [6.45, 7) is 1.60. The van der Waals surface area contributed by atoms with Crippen molar-refractivity contribution in [3.05, 3.63) is 84.4 Å². The van der Waals surface area contributed by atoms with Gasteiger partial charge in [0.05, 0.1) is 0 Å². The van der Waals surface area contributed by atoms with Crippen molar-refractivity contribution in [2.75, 3.05) is 5.32 Å². The topological polar surface area (TPSA) is 77.2 Å². The Balaban J connectivity index is 1.39. The van der Waals surface area contributed by atoms with Gasteiger partial charge < -0.3 is 14.6 Å². The van der Waals surface area contributed by atoms with Crippen molar-refractivity contribution in [3.8, 4) is 28.6 Å². The Morgan fingerprint density at radius 3 is 2.13 bits per heavy atom. The molecule has 31 heavy (non-hydrogen) atoms. The SMILES string of the molecule is C[C@@H](Oc1ccc(F)cc1)C(=O)Nc1ccc(-c2nc(-c3ccc(F)cc3)no2)cc1. The van der Waals surface area contributed by atoms with Crippen LogP contribution < -0.4 is 10.1 Å². The maximum atomic E-state index is 13.1. The van der Waals surface area contributed by atoms with Gasteiger partial charge in [-0.15, -0.1) is 0 Å². The molecule has 156 valence electrons. The van der Waals surface area contributed by atoms with E-state index in [2.05, 4.69) is 15.5 Å². The number of benzene rings is 3. The maximum absolute atomic E-state index is 13.1. The number of carbonyl (C=O) groups excluding carboxylic acids is 1. The first-order valence-corrected chi connectivity index (χ1v) is 9.41. The van der Waals surface area contributed by atoms with Crippen molar-refractivity contribution >= 4 is 11.6 Å². The Kier molecular flexibility index (Phi) is 5.70. The monoisotopic (exact) mass is 421 g/mol. The molecule has 0 aliphatic carbocycles. The van der Waals surface area contributed by atoms with Crippen LogP contribution >= 0.6 is 0 Å². The predicted octanol–water partition coefficient (Wildman–Crippen LogP) is 5.09. The first kappa shape index (κ1) is 20.2. The molecule has 6 nitrogen and oxygen atoms in total. The second-order valence-corrected chi connectivity index (χ2v) is 6.71. The van der Waals surface area contributed by atoms with Gasteiger partial charge >= 0.3 is 0 Å². The van der Waals surface area contributed by atoms with Crippen LogP contribution in [0.1, 0.15) is 6.92 Å². The Hall–Kier alpha value is -4.07. The third kappa shape index (κ3) is 4.92. The predicted molar refractivity (Wildman–Crippen MR) is 110 cm³/mol. The molecule has 1 aromatic heterocycles. The molecular formula is C23H17F2N3O3. The highest BCUT2D eigenvalue weighted by Gasteiger charge is 2.16. The molecule has 0 aliphatic rings. The number of carbonyl (C=O) groups is 1. The lowest BCUT2D eigenvalue weighted by molar-refractivity contribution is -0.122. The largest absolute Gasteiger partial charge is 0.481 e. The zero-order valence-electron chi connectivity index (χ0n) is 16.4. The van der Waals surface area contributed by atoms with Gasteiger partial charge in [0.15, 0.2) is 6.10 Å². The van der Waals surface area contributed by atoms with Crippen molar-refractivity contribution in [1.29, 1.82) is 0 Å². The minimum atomic E-state index is -0.778. The van der Waals surface area contributed by atoms with Gasteiger partial charge in [0.1, 0.15) is 17.4 Å². The zero-order valence-corrected chi connectivity index (χ0v) is 16.4. The summed E-state index contributed by atoms with van der Waals surface area (Å²) in [4.78, 5) is 16.7. The van der Waals surface area contributed by atoms with E-state index in [9.17, 15) is 13.6 Å². The van der Waals surface area contributed by atoms with E-state index in [0.29, 0.717) is 34.3 Å². The van der Waals surface area contributed by atoms with Crippen molar-refractivity contribution < 1.29 is 22.8 Å². The highest BCUT2D eigenvalue weighted by Crippen LogP contribution is 2.24. The maximum Gasteiger partial charge on any atom is 0.265 e. The number of nitrogens with one attached hydrogen (secondary N) is 1. The quantitative estimate of drug-likeness (QED) is 0.469. The number of ether oxygens (including phenoxy) is 1. The van der Waals surface area contributed by atoms with Gasteiger partial charge in [-0.2, -0.15) is 4.98 Å². The Bertz CT molecular complexity index is 1170. The second-order valence-electron chi connectivity index (χ2n) is 6.71. The minimum absolute atomic E-state index is 0.296. The summed E-state index contributed by atoms with van der Waals surface area (Å²) in [5, 5.41) is 6.66. The molecule has 0 radical (unpaired) electrons. The highest BCUT2D eigenvalue weighted by atomic mass is 19.1. The van der Waals surface area contributed by atoms with E-state index in [1.165, 1.54) is 36.4 Å². The minimum Gasteiger partial charge on any atom is -0.481 e. The van der Waals surface area contributed by atoms with E-state index >= 15 is 0 Å². The summed E-state index contributed by atoms with van der Waals surface area (Å²) in [5.41, 5.74) is 1.85. The molecule has 1 heterocycles. The number of nitrogens with zero attached hydrogens (tertiary/aromatic N) is 2. The fourth-order valence-electron chi connectivity index (χ4n) is 2.77. The van der Waals surface area contributed by atoms with Crippen LogP contribution in [0.2, 0.25) is 0 Å². The lowest BCUT2D eigenvalue weighted by Crippen LogP contribution is -2.30. The summed E-state index contributed by atoms with van der Waals surface area (Å²) in [5.74, 6) is -0.0383.